The van der Waals surface area contributed by atoms with E-state index < -0.39 is 0 Å². The van der Waals surface area contributed by atoms with E-state index in [4.69, 9.17) is 0 Å². The van der Waals surface area contributed by atoms with Crippen LogP contribution < -0.4 is 5.32 Å². The van der Waals surface area contributed by atoms with Gasteiger partial charge in [-0.15, -0.1) is 6.58 Å². The fraction of sp³-hybridized carbons (Fsp3) is 0.500. The Morgan fingerprint density at radius 1 is 1.50 bits per heavy atom. The Kier molecular flexibility index (Phi) is 4.90. The number of hydrogen-bond donors (Lipinski definition) is 1. The molecule has 1 N–H and O–H groups in total. The lowest BCUT2D eigenvalue weighted by atomic mass is 10.0. The highest BCUT2D eigenvalue weighted by Gasteiger charge is 2.24. The van der Waals surface area contributed by atoms with E-state index in [-0.39, 0.29) is 5.91 Å². The van der Waals surface area contributed by atoms with Crippen molar-refractivity contribution in [2.75, 3.05) is 13.1 Å². The van der Waals surface area contributed by atoms with Gasteiger partial charge in [-0.05, 0) is 31.9 Å². The summed E-state index contributed by atoms with van der Waals surface area (Å²) in [5, 5.41) is 3.50. The molecule has 20 heavy (non-hydrogen) atoms. The van der Waals surface area contributed by atoms with E-state index in [9.17, 15) is 4.79 Å². The van der Waals surface area contributed by atoms with Crippen molar-refractivity contribution in [3.8, 4) is 0 Å². The van der Waals surface area contributed by atoms with Crippen molar-refractivity contribution in [2.45, 2.75) is 39.3 Å². The van der Waals surface area contributed by atoms with Crippen molar-refractivity contribution in [3.63, 3.8) is 0 Å². The zero-order valence-electron chi connectivity index (χ0n) is 12.4. The Balaban J connectivity index is 1.88. The normalized spacial score (nSPS) is 19.2. The minimum absolute atomic E-state index is 0.229. The smallest absolute Gasteiger partial charge is 0.222 e. The molecule has 108 valence electrons. The van der Waals surface area contributed by atoms with Gasteiger partial charge in [0.15, 0.2) is 0 Å². The van der Waals surface area contributed by atoms with E-state index in [1.165, 1.54) is 5.56 Å². The van der Waals surface area contributed by atoms with Crippen LogP contribution in [0, 0.1) is 13.8 Å². The minimum atomic E-state index is 0.229. The first-order chi connectivity index (χ1) is 9.60. The summed E-state index contributed by atoms with van der Waals surface area (Å²) in [5.41, 5.74) is 3.35. The molecule has 1 saturated heterocycles. The SMILES string of the molecule is C=CCN1CC(NCc2ccc(C)c(C)n2)CCC1=O. The summed E-state index contributed by atoms with van der Waals surface area (Å²) in [6.07, 6.45) is 3.30. The largest absolute Gasteiger partial charge is 0.337 e. The summed E-state index contributed by atoms with van der Waals surface area (Å²) in [7, 11) is 0. The van der Waals surface area contributed by atoms with Crippen LogP contribution in [0.2, 0.25) is 0 Å². The van der Waals surface area contributed by atoms with E-state index in [2.05, 4.69) is 35.9 Å². The maximum Gasteiger partial charge on any atom is 0.222 e. The molecule has 0 spiro atoms. The number of likely N-dealkylation sites (tertiary alicyclic amines) is 1. The molecule has 1 unspecified atom stereocenters. The van der Waals surface area contributed by atoms with Crippen LogP contribution >= 0.6 is 0 Å². The van der Waals surface area contributed by atoms with E-state index in [0.717, 1.165) is 30.9 Å². The zero-order valence-corrected chi connectivity index (χ0v) is 12.4. The molecule has 1 aliphatic rings. The second kappa shape index (κ2) is 6.66. The van der Waals surface area contributed by atoms with Gasteiger partial charge in [-0.25, -0.2) is 0 Å². The summed E-state index contributed by atoms with van der Waals surface area (Å²) in [6.45, 7) is 9.95. The number of aromatic nitrogens is 1. The quantitative estimate of drug-likeness (QED) is 0.834. The van der Waals surface area contributed by atoms with Crippen LogP contribution in [0.5, 0.6) is 0 Å². The molecule has 1 aliphatic heterocycles. The van der Waals surface area contributed by atoms with Gasteiger partial charge >= 0.3 is 0 Å². The predicted octanol–water partition coefficient (Wildman–Crippen LogP) is 1.97. The molecule has 1 aromatic heterocycles. The third-order valence-corrected chi connectivity index (χ3v) is 3.83. The van der Waals surface area contributed by atoms with Crippen molar-refractivity contribution in [2.24, 2.45) is 0 Å². The summed E-state index contributed by atoms with van der Waals surface area (Å²) < 4.78 is 0. The average molecular weight is 273 g/mol. The van der Waals surface area contributed by atoms with Crippen molar-refractivity contribution in [3.05, 3.63) is 41.7 Å². The third-order valence-electron chi connectivity index (χ3n) is 3.83. The van der Waals surface area contributed by atoms with E-state index in [1.54, 1.807) is 6.08 Å². The molecule has 0 bridgehead atoms. The van der Waals surface area contributed by atoms with Gasteiger partial charge in [-0.3, -0.25) is 9.78 Å². The third kappa shape index (κ3) is 3.67. The van der Waals surface area contributed by atoms with Crippen LogP contribution in [-0.4, -0.2) is 34.9 Å². The van der Waals surface area contributed by atoms with E-state index in [0.29, 0.717) is 19.0 Å². The van der Waals surface area contributed by atoms with Crippen LogP contribution in [0.3, 0.4) is 0 Å². The number of pyridine rings is 1. The molecule has 1 atom stereocenters. The van der Waals surface area contributed by atoms with Crippen molar-refractivity contribution < 1.29 is 4.79 Å². The summed E-state index contributed by atoms with van der Waals surface area (Å²) >= 11 is 0. The Bertz CT molecular complexity index is 498. The van der Waals surface area contributed by atoms with Gasteiger partial charge < -0.3 is 10.2 Å². The highest BCUT2D eigenvalue weighted by atomic mass is 16.2. The average Bonchev–Trinajstić information content (AvgIpc) is 2.43. The van der Waals surface area contributed by atoms with Crippen LogP contribution in [0.4, 0.5) is 0 Å². The number of carbonyl (C=O) groups excluding carboxylic acids is 1. The van der Waals surface area contributed by atoms with Gasteiger partial charge in [0.2, 0.25) is 5.91 Å². The molecule has 2 heterocycles. The van der Waals surface area contributed by atoms with Crippen molar-refractivity contribution in [1.82, 2.24) is 15.2 Å². The monoisotopic (exact) mass is 273 g/mol. The molecule has 0 saturated carbocycles. The first-order valence-electron chi connectivity index (χ1n) is 7.15. The molecule has 2 rings (SSSR count). The molecule has 0 radical (unpaired) electrons. The zero-order chi connectivity index (χ0) is 14.5. The Morgan fingerprint density at radius 3 is 3.00 bits per heavy atom. The Morgan fingerprint density at radius 2 is 2.30 bits per heavy atom. The van der Waals surface area contributed by atoms with Crippen LogP contribution in [0.15, 0.2) is 24.8 Å². The van der Waals surface area contributed by atoms with Crippen molar-refractivity contribution in [1.29, 1.82) is 0 Å². The van der Waals surface area contributed by atoms with Gasteiger partial charge in [-0.2, -0.15) is 0 Å². The predicted molar refractivity (Wildman–Crippen MR) is 80.3 cm³/mol. The standard InChI is InChI=1S/C16H23N3O/c1-4-9-19-11-15(7-8-16(19)20)17-10-14-6-5-12(2)13(3)18-14/h4-6,15,17H,1,7-11H2,2-3H3. The molecule has 1 fully saturated rings. The van der Waals surface area contributed by atoms with Gasteiger partial charge in [0.1, 0.15) is 0 Å². The highest BCUT2D eigenvalue weighted by molar-refractivity contribution is 5.77. The second-order valence-corrected chi connectivity index (χ2v) is 5.41. The summed E-state index contributed by atoms with van der Waals surface area (Å²) in [6, 6.07) is 4.51. The summed E-state index contributed by atoms with van der Waals surface area (Å²) in [4.78, 5) is 18.2. The maximum atomic E-state index is 11.7. The maximum absolute atomic E-state index is 11.7. The molecule has 4 heteroatoms. The van der Waals surface area contributed by atoms with Crippen LogP contribution in [-0.2, 0) is 11.3 Å². The molecule has 4 nitrogen and oxygen atoms in total. The van der Waals surface area contributed by atoms with Gasteiger partial charge in [-0.1, -0.05) is 12.1 Å². The second-order valence-electron chi connectivity index (χ2n) is 5.41. The molecular weight excluding hydrogens is 250 g/mol. The number of hydrogen-bond acceptors (Lipinski definition) is 3. The minimum Gasteiger partial charge on any atom is -0.337 e. The first-order valence-corrected chi connectivity index (χ1v) is 7.15. The number of nitrogens with zero attached hydrogens (tertiary/aromatic N) is 2. The fourth-order valence-electron chi connectivity index (χ4n) is 2.44. The van der Waals surface area contributed by atoms with Crippen LogP contribution in [0.25, 0.3) is 0 Å². The van der Waals surface area contributed by atoms with E-state index >= 15 is 0 Å². The molecular formula is C16H23N3O. The summed E-state index contributed by atoms with van der Waals surface area (Å²) in [5.74, 6) is 0.229. The molecule has 0 aromatic carbocycles. The lowest BCUT2D eigenvalue weighted by molar-refractivity contribution is -0.133. The first kappa shape index (κ1) is 14.7. The fourth-order valence-corrected chi connectivity index (χ4v) is 2.44. The van der Waals surface area contributed by atoms with Gasteiger partial charge in [0, 0.05) is 37.8 Å². The Labute approximate surface area is 120 Å². The van der Waals surface area contributed by atoms with Gasteiger partial charge in [0.05, 0.1) is 5.69 Å². The lowest BCUT2D eigenvalue weighted by Gasteiger charge is -2.32. The van der Waals surface area contributed by atoms with Gasteiger partial charge in [0.25, 0.3) is 0 Å². The van der Waals surface area contributed by atoms with Crippen molar-refractivity contribution >= 4 is 5.91 Å². The highest BCUT2D eigenvalue weighted by Crippen LogP contribution is 2.12. The molecule has 1 aromatic rings. The number of nitrogens with one attached hydrogen (secondary N) is 1. The number of rotatable bonds is 5. The number of piperidine rings is 1. The Hall–Kier alpha value is -1.68. The number of amides is 1. The lowest BCUT2D eigenvalue weighted by Crippen LogP contribution is -2.48. The number of carbonyl (C=O) groups is 1. The van der Waals surface area contributed by atoms with E-state index in [1.807, 2.05) is 11.8 Å². The van der Waals surface area contributed by atoms with Crippen LogP contribution in [0.1, 0.15) is 29.8 Å². The number of aryl methyl sites for hydroxylation is 2. The molecule has 0 aliphatic carbocycles. The molecule has 1 amide bonds. The topological polar surface area (TPSA) is 45.2 Å².